The summed E-state index contributed by atoms with van der Waals surface area (Å²) in [6.45, 7) is 3.52. The Kier molecular flexibility index (Phi) is 8.20. The lowest BCUT2D eigenvalue weighted by Crippen LogP contribution is -2.21. The topological polar surface area (TPSA) is 72.5 Å². The molecule has 0 heterocycles. The predicted octanol–water partition coefficient (Wildman–Crippen LogP) is 3.95. The van der Waals surface area contributed by atoms with E-state index in [1.807, 2.05) is 24.3 Å². The van der Waals surface area contributed by atoms with Crippen molar-refractivity contribution in [1.29, 1.82) is 0 Å². The highest BCUT2D eigenvalue weighted by molar-refractivity contribution is 7.85. The number of unbranched alkanes of at least 4 members (excludes halogenated alkanes) is 1. The summed E-state index contributed by atoms with van der Waals surface area (Å²) in [6.07, 6.45) is 3.28. The smallest absolute Gasteiger partial charge is 0.339 e. The first kappa shape index (κ1) is 20.8. The zero-order valence-corrected chi connectivity index (χ0v) is 16.5. The van der Waals surface area contributed by atoms with E-state index >= 15 is 0 Å². The van der Waals surface area contributed by atoms with Gasteiger partial charge >= 0.3 is 5.97 Å². The molecule has 1 amide bonds. The molecule has 144 valence electrons. The molecule has 1 atom stereocenters. The minimum absolute atomic E-state index is 0.228. The molecule has 6 heteroatoms. The van der Waals surface area contributed by atoms with Crippen LogP contribution in [0, 0.1) is 0 Å². The lowest BCUT2D eigenvalue weighted by Gasteiger charge is -2.09. The Hall–Kier alpha value is -2.47. The second kappa shape index (κ2) is 10.6. The van der Waals surface area contributed by atoms with E-state index in [1.54, 1.807) is 31.2 Å². The fourth-order valence-electron chi connectivity index (χ4n) is 2.53. The molecule has 2 aromatic rings. The van der Waals surface area contributed by atoms with Gasteiger partial charge in [0.05, 0.1) is 21.3 Å². The molecule has 0 aliphatic heterocycles. The number of amides is 1. The molecule has 0 saturated heterocycles. The minimum atomic E-state index is -1.27. The first-order chi connectivity index (χ1) is 13.0. The number of anilines is 1. The van der Waals surface area contributed by atoms with Gasteiger partial charge in [-0.1, -0.05) is 44.5 Å². The van der Waals surface area contributed by atoms with Crippen molar-refractivity contribution in [3.8, 4) is 0 Å². The Bertz CT molecular complexity index is 802. The first-order valence-corrected chi connectivity index (χ1v) is 10.4. The van der Waals surface area contributed by atoms with Crippen molar-refractivity contribution in [3.63, 3.8) is 0 Å². The molecule has 5 nitrogen and oxygen atoms in total. The number of nitrogens with one attached hydrogen (secondary N) is 1. The van der Waals surface area contributed by atoms with Crippen LogP contribution in [0.5, 0.6) is 0 Å². The number of hydrogen-bond acceptors (Lipinski definition) is 4. The summed E-state index contributed by atoms with van der Waals surface area (Å²) in [5, 5.41) is 2.70. The molecule has 0 saturated carbocycles. The van der Waals surface area contributed by atoms with Gasteiger partial charge in [-0.3, -0.25) is 9.00 Å². The highest BCUT2D eigenvalue weighted by Gasteiger charge is 2.17. The monoisotopic (exact) mass is 387 g/mol. The van der Waals surface area contributed by atoms with E-state index in [0.29, 0.717) is 16.3 Å². The minimum Gasteiger partial charge on any atom is -0.452 e. The third kappa shape index (κ3) is 6.32. The number of benzene rings is 2. The van der Waals surface area contributed by atoms with Gasteiger partial charge in [-0.05, 0) is 42.7 Å². The summed E-state index contributed by atoms with van der Waals surface area (Å²) in [6, 6.07) is 14.2. The average molecular weight is 388 g/mol. The van der Waals surface area contributed by atoms with E-state index in [1.165, 1.54) is 5.56 Å². The molecule has 2 aromatic carbocycles. The van der Waals surface area contributed by atoms with E-state index in [0.717, 1.165) is 19.3 Å². The van der Waals surface area contributed by atoms with Crippen LogP contribution in [0.1, 0.15) is 42.6 Å². The number of rotatable bonds is 9. The van der Waals surface area contributed by atoms with Gasteiger partial charge in [-0.2, -0.15) is 0 Å². The zero-order valence-electron chi connectivity index (χ0n) is 15.7. The summed E-state index contributed by atoms with van der Waals surface area (Å²) in [5.41, 5.74) is 2.11. The van der Waals surface area contributed by atoms with Gasteiger partial charge in [0, 0.05) is 11.4 Å². The third-order valence-corrected chi connectivity index (χ3v) is 5.38. The molecule has 0 fully saturated rings. The van der Waals surface area contributed by atoms with Crippen LogP contribution in [-0.4, -0.2) is 28.4 Å². The van der Waals surface area contributed by atoms with Crippen LogP contribution in [0.2, 0.25) is 0 Å². The van der Waals surface area contributed by atoms with Gasteiger partial charge in [0.15, 0.2) is 6.61 Å². The Morgan fingerprint density at radius 1 is 1.04 bits per heavy atom. The lowest BCUT2D eigenvalue weighted by molar-refractivity contribution is -0.119. The molecule has 0 radical (unpaired) electrons. The summed E-state index contributed by atoms with van der Waals surface area (Å²) in [4.78, 5) is 24.7. The van der Waals surface area contributed by atoms with Crippen LogP contribution >= 0.6 is 0 Å². The molecular formula is C21H25NO4S. The van der Waals surface area contributed by atoms with Crippen molar-refractivity contribution >= 4 is 28.4 Å². The van der Waals surface area contributed by atoms with Crippen molar-refractivity contribution in [2.75, 3.05) is 17.7 Å². The Morgan fingerprint density at radius 3 is 2.41 bits per heavy atom. The SMILES string of the molecule is CCCCc1ccc(NC(=O)COC(=O)c2ccccc2[S@](=O)CC)cc1. The zero-order chi connectivity index (χ0) is 19.6. The summed E-state index contributed by atoms with van der Waals surface area (Å²) in [7, 11) is -1.27. The number of esters is 1. The molecule has 0 aliphatic carbocycles. The second-order valence-corrected chi connectivity index (χ2v) is 7.76. The maximum atomic E-state index is 12.3. The lowest BCUT2D eigenvalue weighted by atomic mass is 10.1. The van der Waals surface area contributed by atoms with Crippen molar-refractivity contribution in [1.82, 2.24) is 0 Å². The normalized spacial score (nSPS) is 11.6. The second-order valence-electron chi connectivity index (χ2n) is 6.06. The maximum Gasteiger partial charge on any atom is 0.339 e. The standard InChI is InChI=1S/C21H25NO4S/c1-3-5-8-16-11-13-17(14-12-16)22-20(23)15-26-21(24)18-9-6-7-10-19(18)27(25)4-2/h6-7,9-14H,3-5,8,15H2,1-2H3,(H,22,23)/t27-/m1/s1. The third-order valence-electron chi connectivity index (χ3n) is 4.01. The van der Waals surface area contributed by atoms with Crippen molar-refractivity contribution in [3.05, 3.63) is 59.7 Å². The van der Waals surface area contributed by atoms with Gasteiger partial charge in [-0.15, -0.1) is 0 Å². The Labute approximate surface area is 162 Å². The summed E-state index contributed by atoms with van der Waals surface area (Å²) in [5.74, 6) is -0.671. The number of carbonyl (C=O) groups is 2. The van der Waals surface area contributed by atoms with Crippen LogP contribution in [0.15, 0.2) is 53.4 Å². The quantitative estimate of drug-likeness (QED) is 0.661. The van der Waals surface area contributed by atoms with E-state index in [2.05, 4.69) is 12.2 Å². The van der Waals surface area contributed by atoms with Gasteiger partial charge in [0.1, 0.15) is 0 Å². The molecule has 1 N–H and O–H groups in total. The molecule has 27 heavy (non-hydrogen) atoms. The molecular weight excluding hydrogens is 362 g/mol. The van der Waals surface area contributed by atoms with E-state index in [4.69, 9.17) is 4.74 Å². The Balaban J connectivity index is 1.90. The van der Waals surface area contributed by atoms with Gasteiger partial charge < -0.3 is 10.1 Å². The van der Waals surface area contributed by atoms with E-state index in [9.17, 15) is 13.8 Å². The molecule has 2 rings (SSSR count). The highest BCUT2D eigenvalue weighted by atomic mass is 32.2. The maximum absolute atomic E-state index is 12.3. The van der Waals surface area contributed by atoms with E-state index < -0.39 is 29.3 Å². The molecule has 0 aromatic heterocycles. The molecule has 0 spiro atoms. The average Bonchev–Trinajstić information content (AvgIpc) is 2.71. The molecule has 0 bridgehead atoms. The fourth-order valence-corrected chi connectivity index (χ4v) is 3.47. The van der Waals surface area contributed by atoms with Crippen LogP contribution in [0.3, 0.4) is 0 Å². The molecule has 0 unspecified atom stereocenters. The van der Waals surface area contributed by atoms with Crippen LogP contribution < -0.4 is 5.32 Å². The van der Waals surface area contributed by atoms with Crippen LogP contribution in [0.25, 0.3) is 0 Å². The van der Waals surface area contributed by atoms with E-state index in [-0.39, 0.29) is 5.56 Å². The number of hydrogen-bond donors (Lipinski definition) is 1. The fraction of sp³-hybridized carbons (Fsp3) is 0.333. The summed E-state index contributed by atoms with van der Waals surface area (Å²) >= 11 is 0. The highest BCUT2D eigenvalue weighted by Crippen LogP contribution is 2.15. The van der Waals surface area contributed by atoms with Crippen LogP contribution in [-0.2, 0) is 26.8 Å². The molecule has 0 aliphatic rings. The Morgan fingerprint density at radius 2 is 1.74 bits per heavy atom. The van der Waals surface area contributed by atoms with Crippen LogP contribution in [0.4, 0.5) is 5.69 Å². The first-order valence-electron chi connectivity index (χ1n) is 9.08. The predicted molar refractivity (Wildman–Crippen MR) is 107 cm³/mol. The van der Waals surface area contributed by atoms with Gasteiger partial charge in [0.25, 0.3) is 5.91 Å². The van der Waals surface area contributed by atoms with Crippen molar-refractivity contribution in [2.45, 2.75) is 38.0 Å². The van der Waals surface area contributed by atoms with Gasteiger partial charge in [-0.25, -0.2) is 4.79 Å². The van der Waals surface area contributed by atoms with Crippen molar-refractivity contribution < 1.29 is 18.5 Å². The van der Waals surface area contributed by atoms with Crippen molar-refractivity contribution in [2.24, 2.45) is 0 Å². The number of ether oxygens (including phenoxy) is 1. The van der Waals surface area contributed by atoms with Gasteiger partial charge in [0.2, 0.25) is 0 Å². The summed E-state index contributed by atoms with van der Waals surface area (Å²) < 4.78 is 17.1. The number of carbonyl (C=O) groups excluding carboxylic acids is 2. The largest absolute Gasteiger partial charge is 0.452 e. The number of aryl methyl sites for hydroxylation is 1.